The SMILES string of the molecule is O=C([C@@H](SC1=Nc2ccccc2CS1)c1ccccc1)N1CCCCC1. The number of thioether (sulfide) groups is 2. The molecule has 4 rings (SSSR count). The van der Waals surface area contributed by atoms with Gasteiger partial charge in [0.15, 0.2) is 0 Å². The van der Waals surface area contributed by atoms with E-state index in [1.165, 1.54) is 12.0 Å². The van der Waals surface area contributed by atoms with Crippen molar-refractivity contribution in [2.45, 2.75) is 30.3 Å². The maximum Gasteiger partial charge on any atom is 0.240 e. The van der Waals surface area contributed by atoms with Gasteiger partial charge in [-0.2, -0.15) is 0 Å². The van der Waals surface area contributed by atoms with Crippen LogP contribution in [0.1, 0.15) is 35.6 Å². The van der Waals surface area contributed by atoms with E-state index in [2.05, 4.69) is 30.3 Å². The number of rotatable bonds is 3. The zero-order valence-electron chi connectivity index (χ0n) is 14.6. The Balaban J connectivity index is 1.59. The minimum Gasteiger partial charge on any atom is -0.341 e. The molecule has 2 heterocycles. The lowest BCUT2D eigenvalue weighted by molar-refractivity contribution is -0.131. The van der Waals surface area contributed by atoms with E-state index >= 15 is 0 Å². The van der Waals surface area contributed by atoms with Gasteiger partial charge >= 0.3 is 0 Å². The molecule has 0 saturated carbocycles. The van der Waals surface area contributed by atoms with Crippen LogP contribution in [0.5, 0.6) is 0 Å². The molecular weight excluding hydrogens is 360 g/mol. The average Bonchev–Trinajstić information content (AvgIpc) is 2.73. The van der Waals surface area contributed by atoms with Gasteiger partial charge in [-0.05, 0) is 36.5 Å². The van der Waals surface area contributed by atoms with Crippen LogP contribution < -0.4 is 0 Å². The average molecular weight is 383 g/mol. The van der Waals surface area contributed by atoms with E-state index < -0.39 is 0 Å². The lowest BCUT2D eigenvalue weighted by Gasteiger charge is -2.30. The molecule has 1 fully saturated rings. The summed E-state index contributed by atoms with van der Waals surface area (Å²) < 4.78 is 0.989. The molecule has 1 saturated heterocycles. The molecule has 0 N–H and O–H groups in total. The zero-order chi connectivity index (χ0) is 17.8. The number of nitrogens with zero attached hydrogens (tertiary/aromatic N) is 2. The molecule has 3 nitrogen and oxygen atoms in total. The number of piperidine rings is 1. The molecule has 1 amide bonds. The van der Waals surface area contributed by atoms with Gasteiger partial charge in [0.1, 0.15) is 9.63 Å². The highest BCUT2D eigenvalue weighted by Gasteiger charge is 2.30. The minimum absolute atomic E-state index is 0.217. The summed E-state index contributed by atoms with van der Waals surface area (Å²) in [4.78, 5) is 20.1. The number of hydrogen-bond donors (Lipinski definition) is 0. The fourth-order valence-corrected chi connectivity index (χ4v) is 5.66. The van der Waals surface area contributed by atoms with E-state index in [-0.39, 0.29) is 11.2 Å². The minimum atomic E-state index is -0.217. The molecule has 0 unspecified atom stereocenters. The van der Waals surface area contributed by atoms with E-state index in [4.69, 9.17) is 4.99 Å². The number of para-hydroxylation sites is 1. The molecule has 0 bridgehead atoms. The number of likely N-dealkylation sites (tertiary alicyclic amines) is 1. The third-order valence-corrected chi connectivity index (χ3v) is 7.21. The second kappa shape index (κ2) is 8.31. The summed E-state index contributed by atoms with van der Waals surface area (Å²) >= 11 is 3.34. The Bertz CT molecular complexity index is 801. The van der Waals surface area contributed by atoms with Gasteiger partial charge in [0.25, 0.3) is 0 Å². The first kappa shape index (κ1) is 17.7. The number of amides is 1. The zero-order valence-corrected chi connectivity index (χ0v) is 16.3. The number of hydrogen-bond acceptors (Lipinski definition) is 4. The first-order valence-electron chi connectivity index (χ1n) is 9.11. The van der Waals surface area contributed by atoms with Gasteiger partial charge in [-0.15, -0.1) is 0 Å². The molecule has 1 atom stereocenters. The van der Waals surface area contributed by atoms with Crippen molar-refractivity contribution in [1.29, 1.82) is 0 Å². The van der Waals surface area contributed by atoms with E-state index in [9.17, 15) is 4.79 Å². The summed E-state index contributed by atoms with van der Waals surface area (Å²) in [6.07, 6.45) is 3.45. The molecule has 134 valence electrons. The third kappa shape index (κ3) is 3.99. The monoisotopic (exact) mass is 382 g/mol. The van der Waals surface area contributed by atoms with Gasteiger partial charge < -0.3 is 4.90 Å². The van der Waals surface area contributed by atoms with Crippen LogP contribution in [0.4, 0.5) is 5.69 Å². The quantitative estimate of drug-likeness (QED) is 0.712. The first-order chi connectivity index (χ1) is 12.8. The molecule has 2 aliphatic heterocycles. The van der Waals surface area contributed by atoms with E-state index in [0.29, 0.717) is 0 Å². The largest absolute Gasteiger partial charge is 0.341 e. The molecule has 0 radical (unpaired) electrons. The van der Waals surface area contributed by atoms with Crippen molar-refractivity contribution in [2.75, 3.05) is 13.1 Å². The third-order valence-electron chi connectivity index (χ3n) is 4.77. The van der Waals surface area contributed by atoms with E-state index in [0.717, 1.165) is 47.3 Å². The molecule has 2 aromatic rings. The molecule has 2 aliphatic rings. The molecule has 26 heavy (non-hydrogen) atoms. The van der Waals surface area contributed by atoms with Gasteiger partial charge in [-0.25, -0.2) is 4.99 Å². The highest BCUT2D eigenvalue weighted by atomic mass is 32.2. The summed E-state index contributed by atoms with van der Waals surface area (Å²) in [7, 11) is 0. The number of carbonyl (C=O) groups is 1. The van der Waals surface area contributed by atoms with Gasteiger partial charge in [0.05, 0.1) is 5.69 Å². The van der Waals surface area contributed by atoms with Crippen molar-refractivity contribution in [1.82, 2.24) is 4.90 Å². The Labute approximate surface area is 163 Å². The van der Waals surface area contributed by atoms with Crippen LogP contribution >= 0.6 is 23.5 Å². The molecule has 0 spiro atoms. The van der Waals surface area contributed by atoms with Crippen molar-refractivity contribution in [3.05, 3.63) is 65.7 Å². The highest BCUT2D eigenvalue weighted by molar-refractivity contribution is 8.38. The predicted molar refractivity (Wildman–Crippen MR) is 112 cm³/mol. The molecule has 0 aliphatic carbocycles. The number of fused-ring (bicyclic) bond motifs is 1. The maximum atomic E-state index is 13.3. The Hall–Kier alpha value is -1.72. The van der Waals surface area contributed by atoms with Gasteiger partial charge in [-0.3, -0.25) is 4.79 Å². The van der Waals surface area contributed by atoms with Crippen LogP contribution in [0.3, 0.4) is 0 Å². The van der Waals surface area contributed by atoms with Crippen LogP contribution in [0.25, 0.3) is 0 Å². The fraction of sp³-hybridized carbons (Fsp3) is 0.333. The highest BCUT2D eigenvalue weighted by Crippen LogP contribution is 2.41. The van der Waals surface area contributed by atoms with Crippen molar-refractivity contribution < 1.29 is 4.79 Å². The van der Waals surface area contributed by atoms with Gasteiger partial charge in [0.2, 0.25) is 5.91 Å². The van der Waals surface area contributed by atoms with Crippen molar-refractivity contribution in [2.24, 2.45) is 4.99 Å². The van der Waals surface area contributed by atoms with Crippen LogP contribution in [-0.4, -0.2) is 28.3 Å². The second-order valence-corrected chi connectivity index (χ2v) is 8.91. The van der Waals surface area contributed by atoms with E-state index in [1.54, 1.807) is 23.5 Å². The number of aliphatic imine (C=N–C) groups is 1. The Morgan fingerprint density at radius 2 is 1.73 bits per heavy atom. The number of carbonyl (C=O) groups excluding carboxylic acids is 1. The predicted octanol–water partition coefficient (Wildman–Crippen LogP) is 5.41. The van der Waals surface area contributed by atoms with Crippen molar-refractivity contribution in [3.63, 3.8) is 0 Å². The lowest BCUT2D eigenvalue weighted by Crippen LogP contribution is -2.38. The van der Waals surface area contributed by atoms with Crippen LogP contribution in [0.15, 0.2) is 59.6 Å². The van der Waals surface area contributed by atoms with Crippen LogP contribution in [0, 0.1) is 0 Å². The topological polar surface area (TPSA) is 32.7 Å². The first-order valence-corrected chi connectivity index (χ1v) is 11.0. The van der Waals surface area contributed by atoms with Gasteiger partial charge in [-0.1, -0.05) is 72.1 Å². The second-order valence-electron chi connectivity index (χ2n) is 6.59. The summed E-state index contributed by atoms with van der Waals surface area (Å²) in [5.41, 5.74) is 3.36. The molecule has 0 aromatic heterocycles. The van der Waals surface area contributed by atoms with Crippen molar-refractivity contribution >= 4 is 39.5 Å². The summed E-state index contributed by atoms with van der Waals surface area (Å²) in [5, 5.41) is -0.217. The standard InChI is InChI=1S/C21H22N2OS2/c24-20(23-13-7-2-8-14-23)19(16-9-3-1-4-10-16)26-21-22-18-12-6-5-11-17(18)15-25-21/h1,3-6,9-12,19H,2,7-8,13-15H2/t19-/m0/s1. The van der Waals surface area contributed by atoms with E-state index in [1.807, 2.05) is 29.2 Å². The summed E-state index contributed by atoms with van der Waals surface area (Å²) in [6, 6.07) is 18.4. The summed E-state index contributed by atoms with van der Waals surface area (Å²) in [5.74, 6) is 1.14. The van der Waals surface area contributed by atoms with Crippen molar-refractivity contribution in [3.8, 4) is 0 Å². The Morgan fingerprint density at radius 1 is 1.00 bits per heavy atom. The molecule has 5 heteroatoms. The number of benzene rings is 2. The molecule has 2 aromatic carbocycles. The van der Waals surface area contributed by atoms with Gasteiger partial charge in [0, 0.05) is 18.8 Å². The molecular formula is C21H22N2OS2. The lowest BCUT2D eigenvalue weighted by atomic mass is 10.1. The van der Waals surface area contributed by atoms with Crippen LogP contribution in [0.2, 0.25) is 0 Å². The van der Waals surface area contributed by atoms with Crippen LogP contribution in [-0.2, 0) is 10.5 Å². The Kier molecular flexibility index (Phi) is 5.65. The normalized spacial score (nSPS) is 18.0. The fourth-order valence-electron chi connectivity index (χ4n) is 3.34. The Morgan fingerprint density at radius 3 is 2.54 bits per heavy atom. The summed E-state index contributed by atoms with van der Waals surface area (Å²) in [6.45, 7) is 1.76. The smallest absolute Gasteiger partial charge is 0.240 e. The maximum absolute atomic E-state index is 13.3.